The molecule has 2 saturated heterocycles. The molecule has 1 aromatic heterocycles. The third kappa shape index (κ3) is 3.65. The van der Waals surface area contributed by atoms with Crippen LogP contribution in [-0.4, -0.2) is 47.2 Å². The number of aromatic amines is 1. The molecule has 0 bridgehead atoms. The first-order valence-electron chi connectivity index (χ1n) is 6.74. The zero-order valence-electron chi connectivity index (χ0n) is 11.4. The highest BCUT2D eigenvalue weighted by Gasteiger charge is 2.37. The Balaban J connectivity index is 0.000001000. The number of H-pyrrole nitrogens is 1. The predicted molar refractivity (Wildman–Crippen MR) is 82.5 cm³/mol. The van der Waals surface area contributed by atoms with Crippen LogP contribution in [0.25, 0.3) is 0 Å². The van der Waals surface area contributed by atoms with Crippen molar-refractivity contribution in [3.05, 3.63) is 18.0 Å². The van der Waals surface area contributed by atoms with Gasteiger partial charge < -0.3 is 10.2 Å². The van der Waals surface area contributed by atoms with Gasteiger partial charge in [0.2, 0.25) is 5.91 Å². The maximum atomic E-state index is 12.1. The number of halogens is 2. The van der Waals surface area contributed by atoms with E-state index in [9.17, 15) is 4.79 Å². The van der Waals surface area contributed by atoms with Gasteiger partial charge in [0.25, 0.3) is 0 Å². The van der Waals surface area contributed by atoms with E-state index in [0.29, 0.717) is 11.8 Å². The molecule has 114 valence electrons. The molecule has 1 aromatic rings. The first kappa shape index (κ1) is 17.3. The fourth-order valence-corrected chi connectivity index (χ4v) is 3.11. The second-order valence-electron chi connectivity index (χ2n) is 5.57. The van der Waals surface area contributed by atoms with Gasteiger partial charge in [0.15, 0.2) is 0 Å². The summed E-state index contributed by atoms with van der Waals surface area (Å²) in [6, 6.07) is 1.87. The Bertz CT molecular complexity index is 408. The number of hydrogen-bond donors (Lipinski definition) is 2. The van der Waals surface area contributed by atoms with Crippen LogP contribution in [0.4, 0.5) is 0 Å². The summed E-state index contributed by atoms with van der Waals surface area (Å²) in [6.45, 7) is 4.10. The van der Waals surface area contributed by atoms with E-state index in [4.69, 9.17) is 0 Å². The van der Waals surface area contributed by atoms with Gasteiger partial charge in [-0.2, -0.15) is 5.10 Å². The van der Waals surface area contributed by atoms with Crippen LogP contribution in [0.3, 0.4) is 0 Å². The van der Waals surface area contributed by atoms with Crippen molar-refractivity contribution in [2.45, 2.75) is 25.7 Å². The Morgan fingerprint density at radius 1 is 1.30 bits per heavy atom. The molecule has 2 fully saturated rings. The van der Waals surface area contributed by atoms with E-state index in [2.05, 4.69) is 15.5 Å². The van der Waals surface area contributed by atoms with Crippen molar-refractivity contribution in [3.8, 4) is 0 Å². The van der Waals surface area contributed by atoms with E-state index in [1.54, 1.807) is 6.20 Å². The van der Waals surface area contributed by atoms with Crippen LogP contribution in [0.2, 0.25) is 0 Å². The van der Waals surface area contributed by atoms with Crippen molar-refractivity contribution in [1.29, 1.82) is 0 Å². The number of hydrogen-bond acceptors (Lipinski definition) is 3. The fraction of sp³-hybridized carbons (Fsp3) is 0.692. The second-order valence-corrected chi connectivity index (χ2v) is 5.57. The summed E-state index contributed by atoms with van der Waals surface area (Å²) in [5, 5.41) is 10.2. The third-order valence-electron chi connectivity index (χ3n) is 4.41. The average molecular weight is 321 g/mol. The zero-order chi connectivity index (χ0) is 12.4. The first-order valence-corrected chi connectivity index (χ1v) is 6.74. The molecule has 5 nitrogen and oxygen atoms in total. The lowest BCUT2D eigenvalue weighted by Crippen LogP contribution is -2.44. The lowest BCUT2D eigenvalue weighted by Gasteiger charge is -2.38. The van der Waals surface area contributed by atoms with E-state index in [0.717, 1.165) is 44.7 Å². The smallest absolute Gasteiger partial charge is 0.228 e. The normalized spacial score (nSPS) is 20.3. The minimum Gasteiger partial charge on any atom is -0.342 e. The minimum absolute atomic E-state index is 0. The van der Waals surface area contributed by atoms with Crippen LogP contribution in [0.15, 0.2) is 12.3 Å². The highest BCUT2D eigenvalue weighted by atomic mass is 35.5. The molecular weight excluding hydrogens is 299 g/mol. The molecular formula is C13H22Cl2N4O. The Morgan fingerprint density at radius 2 is 2.05 bits per heavy atom. The van der Waals surface area contributed by atoms with Crippen LogP contribution in [0, 0.1) is 5.41 Å². The number of rotatable bonds is 2. The van der Waals surface area contributed by atoms with Gasteiger partial charge in [0.05, 0.1) is 6.42 Å². The van der Waals surface area contributed by atoms with Crippen LogP contribution < -0.4 is 5.32 Å². The van der Waals surface area contributed by atoms with Crippen molar-refractivity contribution in [2.75, 3.05) is 26.2 Å². The molecule has 3 rings (SSSR count). The van der Waals surface area contributed by atoms with Gasteiger partial charge in [-0.05, 0) is 37.3 Å². The van der Waals surface area contributed by atoms with Crippen molar-refractivity contribution >= 4 is 30.7 Å². The summed E-state index contributed by atoms with van der Waals surface area (Å²) in [5.41, 5.74) is 1.38. The van der Waals surface area contributed by atoms with E-state index in [-0.39, 0.29) is 30.7 Å². The van der Waals surface area contributed by atoms with E-state index >= 15 is 0 Å². The molecule has 2 aliphatic heterocycles. The van der Waals surface area contributed by atoms with Crippen LogP contribution in [-0.2, 0) is 11.2 Å². The second kappa shape index (κ2) is 7.29. The molecule has 1 amide bonds. The molecule has 20 heavy (non-hydrogen) atoms. The Hall–Kier alpha value is -0.780. The summed E-state index contributed by atoms with van der Waals surface area (Å²) < 4.78 is 0. The van der Waals surface area contributed by atoms with Crippen LogP contribution in [0.1, 0.15) is 25.0 Å². The summed E-state index contributed by atoms with van der Waals surface area (Å²) in [4.78, 5) is 14.1. The molecule has 0 radical (unpaired) electrons. The van der Waals surface area contributed by atoms with Gasteiger partial charge in [0, 0.05) is 31.5 Å². The number of carbonyl (C=O) groups excluding carboxylic acids is 1. The van der Waals surface area contributed by atoms with Gasteiger partial charge in [-0.1, -0.05) is 0 Å². The van der Waals surface area contributed by atoms with Gasteiger partial charge in [-0.25, -0.2) is 0 Å². The zero-order valence-corrected chi connectivity index (χ0v) is 13.1. The van der Waals surface area contributed by atoms with Crippen LogP contribution in [0.5, 0.6) is 0 Å². The van der Waals surface area contributed by atoms with Crippen molar-refractivity contribution < 1.29 is 4.79 Å². The van der Waals surface area contributed by atoms with E-state index in [1.807, 2.05) is 11.0 Å². The number of carbonyl (C=O) groups is 1. The summed E-state index contributed by atoms with van der Waals surface area (Å²) in [6.07, 6.45) is 5.71. The molecule has 0 aliphatic carbocycles. The van der Waals surface area contributed by atoms with Gasteiger partial charge in [-0.15, -0.1) is 24.8 Å². The number of likely N-dealkylation sites (tertiary alicyclic amines) is 1. The lowest BCUT2D eigenvalue weighted by molar-refractivity contribution is -0.132. The lowest BCUT2D eigenvalue weighted by atomic mass is 9.78. The summed E-state index contributed by atoms with van der Waals surface area (Å²) >= 11 is 0. The number of nitrogens with zero attached hydrogens (tertiary/aromatic N) is 2. The fourth-order valence-electron chi connectivity index (χ4n) is 3.11. The van der Waals surface area contributed by atoms with E-state index < -0.39 is 0 Å². The molecule has 0 saturated carbocycles. The average Bonchev–Trinajstić information content (AvgIpc) is 3.03. The first-order chi connectivity index (χ1) is 8.77. The van der Waals surface area contributed by atoms with Crippen molar-refractivity contribution in [3.63, 3.8) is 0 Å². The standard InChI is InChI=1S/C13H20N4O.2ClH/c18-12(9-11-1-5-15-16-11)17-7-3-13(4-8-17)2-6-14-10-13;;/h1,5,14H,2-4,6-10H2,(H,15,16);2*1H. The Kier molecular flexibility index (Phi) is 6.30. The van der Waals surface area contributed by atoms with Crippen molar-refractivity contribution in [1.82, 2.24) is 20.4 Å². The molecule has 0 unspecified atom stereocenters. The monoisotopic (exact) mass is 320 g/mol. The molecule has 3 heterocycles. The molecule has 0 atom stereocenters. The molecule has 7 heteroatoms. The Labute approximate surface area is 131 Å². The Morgan fingerprint density at radius 3 is 2.60 bits per heavy atom. The van der Waals surface area contributed by atoms with Crippen LogP contribution >= 0.6 is 24.8 Å². The van der Waals surface area contributed by atoms with Gasteiger partial charge in [-0.3, -0.25) is 9.89 Å². The highest BCUT2D eigenvalue weighted by molar-refractivity contribution is 5.85. The number of aromatic nitrogens is 2. The predicted octanol–water partition coefficient (Wildman–Crippen LogP) is 1.40. The topological polar surface area (TPSA) is 61.0 Å². The largest absolute Gasteiger partial charge is 0.342 e. The third-order valence-corrected chi connectivity index (χ3v) is 4.41. The maximum Gasteiger partial charge on any atom is 0.228 e. The summed E-state index contributed by atoms with van der Waals surface area (Å²) in [7, 11) is 0. The molecule has 1 spiro atoms. The van der Waals surface area contributed by atoms with E-state index in [1.165, 1.54) is 6.42 Å². The number of piperidine rings is 1. The SMILES string of the molecule is Cl.Cl.O=C(Cc1ccn[nH]1)N1CCC2(CCNC2)CC1. The highest BCUT2D eigenvalue weighted by Crippen LogP contribution is 2.36. The quantitative estimate of drug-likeness (QED) is 0.865. The molecule has 2 aliphatic rings. The summed E-state index contributed by atoms with van der Waals surface area (Å²) in [5.74, 6) is 0.222. The van der Waals surface area contributed by atoms with Gasteiger partial charge >= 0.3 is 0 Å². The minimum atomic E-state index is 0. The van der Waals surface area contributed by atoms with Gasteiger partial charge in [0.1, 0.15) is 0 Å². The van der Waals surface area contributed by atoms with Crippen molar-refractivity contribution in [2.24, 2.45) is 5.41 Å². The molecule has 2 N–H and O–H groups in total. The molecule has 0 aromatic carbocycles. The number of amides is 1. The maximum absolute atomic E-state index is 12.1. The number of nitrogens with one attached hydrogen (secondary N) is 2.